The highest BCUT2D eigenvalue weighted by Gasteiger charge is 2.52. The minimum atomic E-state index is -7.22. The van der Waals surface area contributed by atoms with Gasteiger partial charge in [-0.15, -0.1) is 21.9 Å². The molecule has 332 valence electrons. The molecule has 0 nitrogen and oxygen atoms in total. The third kappa shape index (κ3) is 7.29. The first kappa shape index (κ1) is 46.7. The van der Waals surface area contributed by atoms with Gasteiger partial charge in [0.2, 0.25) is 0 Å². The van der Waals surface area contributed by atoms with E-state index in [4.69, 9.17) is 0 Å². The molecular weight excluding hydrogens is 907 g/mol. The number of halogens is 20. The Hall–Kier alpha value is -6.80. The van der Waals surface area contributed by atoms with E-state index in [9.17, 15) is 52.7 Å². The van der Waals surface area contributed by atoms with Crippen molar-refractivity contribution in [2.75, 3.05) is 0 Å². The summed E-state index contributed by atoms with van der Waals surface area (Å²) in [6.45, 7) is 0. The van der Waals surface area contributed by atoms with Gasteiger partial charge in [-0.1, -0.05) is 91.0 Å². The van der Waals surface area contributed by atoms with Crippen LogP contribution in [0, 0.1) is 116 Å². The lowest BCUT2D eigenvalue weighted by Gasteiger charge is -2.44. The fourth-order valence-electron chi connectivity index (χ4n) is 7.39. The van der Waals surface area contributed by atoms with Gasteiger partial charge in [-0.2, -0.15) is 0 Å². The molecule has 0 aliphatic rings. The second-order valence-electron chi connectivity index (χ2n) is 13.5. The quantitative estimate of drug-likeness (QED) is 0.0491. The fourth-order valence-corrected chi connectivity index (χ4v) is 7.39. The highest BCUT2D eigenvalue weighted by atomic mass is 19.2. The molecule has 0 unspecified atom stereocenters. The van der Waals surface area contributed by atoms with Gasteiger partial charge >= 0.3 is 0 Å². The zero-order chi connectivity index (χ0) is 47.3. The Morgan fingerprint density at radius 1 is 0.203 bits per heavy atom. The molecule has 0 amide bonds. The van der Waals surface area contributed by atoms with Gasteiger partial charge in [0.25, 0.3) is 0 Å². The predicted octanol–water partition coefficient (Wildman–Crippen LogP) is 10.7. The van der Waals surface area contributed by atoms with E-state index in [0.717, 1.165) is 0 Å². The van der Waals surface area contributed by atoms with Crippen LogP contribution >= 0.6 is 0 Å². The summed E-state index contributed by atoms with van der Waals surface area (Å²) in [5, 5.41) is 0. The largest absolute Gasteiger partial charge is 0.207 e. The van der Waals surface area contributed by atoms with Crippen LogP contribution in [0.3, 0.4) is 0 Å². The summed E-state index contributed by atoms with van der Waals surface area (Å²) in [6, 6.07) is 32.0. The van der Waals surface area contributed by atoms with Crippen LogP contribution in [0.1, 0.15) is 22.6 Å². The Morgan fingerprint density at radius 3 is 0.500 bits per heavy atom. The normalized spacial score (nSPS) is 11.6. The fraction of sp³-hybridized carbons (Fsp3) is 0.0233. The van der Waals surface area contributed by atoms with Gasteiger partial charge in [0.15, 0.2) is 69.8 Å². The molecule has 7 aromatic rings. The third-order valence-corrected chi connectivity index (χ3v) is 10.1. The molecule has 64 heavy (non-hydrogen) atoms. The van der Waals surface area contributed by atoms with Crippen LogP contribution in [0.4, 0.5) is 87.8 Å². The Labute approximate surface area is 345 Å². The van der Waals surface area contributed by atoms with Gasteiger partial charge in [-0.25, -0.2) is 87.8 Å². The van der Waals surface area contributed by atoms with Crippen molar-refractivity contribution in [3.63, 3.8) is 0 Å². The standard InChI is InChI=1S/C24BF20.C19H16/c26-5-1(6(27)14(35)21(42)13(5)34)25(2-7(28)15(36)22(43)16(37)8(2)29,3-9(30)17(38)23(44)18(39)10(3)31)4-11(32)19(40)24(45)20(41)12(4)33;1-4-10-16(11-5-1)19(17-12-6-2-7-13-17)18-14-8-3-9-15-18/h;1-15,19H/q-1;. The summed E-state index contributed by atoms with van der Waals surface area (Å²) >= 11 is 0. The second kappa shape index (κ2) is 17.8. The zero-order valence-corrected chi connectivity index (χ0v) is 30.9. The molecule has 0 bridgehead atoms. The minimum Gasteiger partial charge on any atom is -0.207 e. The predicted molar refractivity (Wildman–Crippen MR) is 189 cm³/mol. The Bertz CT molecular complexity index is 2450. The van der Waals surface area contributed by atoms with E-state index in [-0.39, 0.29) is 0 Å². The average molecular weight is 923 g/mol. The smallest absolute Gasteiger partial charge is 0.200 e. The minimum absolute atomic E-state index is 0.309. The Morgan fingerprint density at radius 2 is 0.344 bits per heavy atom. The maximum absolute atomic E-state index is 15.4. The first-order valence-electron chi connectivity index (χ1n) is 17.5. The van der Waals surface area contributed by atoms with Gasteiger partial charge in [0, 0.05) is 5.92 Å². The molecule has 0 atom stereocenters. The maximum atomic E-state index is 15.4. The molecule has 0 radical (unpaired) electrons. The van der Waals surface area contributed by atoms with Gasteiger partial charge in [-0.05, 0) is 16.7 Å². The molecule has 7 aromatic carbocycles. The van der Waals surface area contributed by atoms with Gasteiger partial charge < -0.3 is 0 Å². The molecular formula is C43H16BF20-. The molecule has 0 N–H and O–H groups in total. The summed E-state index contributed by atoms with van der Waals surface area (Å²) in [7, 11) is 0. The van der Waals surface area contributed by atoms with Crippen LogP contribution in [-0.4, -0.2) is 6.15 Å². The average Bonchev–Trinajstić information content (AvgIpc) is 3.30. The van der Waals surface area contributed by atoms with E-state index in [2.05, 4.69) is 91.0 Å². The molecule has 0 saturated carbocycles. The van der Waals surface area contributed by atoms with E-state index in [1.807, 2.05) is 0 Å². The number of hydrogen-bond donors (Lipinski definition) is 0. The van der Waals surface area contributed by atoms with E-state index >= 15 is 35.1 Å². The van der Waals surface area contributed by atoms with Crippen LogP contribution in [-0.2, 0) is 0 Å². The second-order valence-corrected chi connectivity index (χ2v) is 13.5. The van der Waals surface area contributed by atoms with Crippen LogP contribution in [0.5, 0.6) is 0 Å². The summed E-state index contributed by atoms with van der Waals surface area (Å²) in [5.74, 6) is -71.1. The lowest BCUT2D eigenvalue weighted by Crippen LogP contribution is -2.81. The third-order valence-electron chi connectivity index (χ3n) is 10.1. The van der Waals surface area contributed by atoms with E-state index in [1.165, 1.54) is 16.7 Å². The summed E-state index contributed by atoms with van der Waals surface area (Å²) in [6.07, 6.45) is -7.22. The Kier molecular flexibility index (Phi) is 13.0. The van der Waals surface area contributed by atoms with Crippen molar-refractivity contribution in [3.8, 4) is 0 Å². The lowest BCUT2D eigenvalue weighted by molar-refractivity contribution is 0.378. The highest BCUT2D eigenvalue weighted by molar-refractivity contribution is 7.20. The number of rotatable bonds is 7. The van der Waals surface area contributed by atoms with Crippen molar-refractivity contribution in [3.05, 3.63) is 224 Å². The summed E-state index contributed by atoms with van der Waals surface area (Å²) < 4.78 is 294. The van der Waals surface area contributed by atoms with Crippen LogP contribution < -0.4 is 21.9 Å². The molecule has 0 aliphatic carbocycles. The maximum Gasteiger partial charge on any atom is 0.200 e. The summed E-state index contributed by atoms with van der Waals surface area (Å²) in [5.41, 5.74) is -10.3. The first-order valence-corrected chi connectivity index (χ1v) is 17.5. The van der Waals surface area contributed by atoms with E-state index in [0.29, 0.717) is 5.92 Å². The topological polar surface area (TPSA) is 0 Å². The summed E-state index contributed by atoms with van der Waals surface area (Å²) in [4.78, 5) is 0. The highest BCUT2D eigenvalue weighted by Crippen LogP contribution is 2.33. The molecule has 21 heteroatoms. The van der Waals surface area contributed by atoms with Crippen molar-refractivity contribution in [1.82, 2.24) is 0 Å². The monoisotopic (exact) mass is 923 g/mol. The molecule has 0 aliphatic heterocycles. The van der Waals surface area contributed by atoms with Gasteiger partial charge in [0.05, 0.1) is 0 Å². The molecule has 7 rings (SSSR count). The van der Waals surface area contributed by atoms with Gasteiger partial charge in [0.1, 0.15) is 52.7 Å². The molecule has 0 spiro atoms. The SMILES string of the molecule is Fc1c(F)c(F)c([B-](c2c(F)c(F)c(F)c(F)c2F)(c2c(F)c(F)c(F)c(F)c2F)c2c(F)c(F)c(F)c(F)c2F)c(F)c1F.c1ccc(C(c2ccccc2)c2ccccc2)cc1. The van der Waals surface area contributed by atoms with Gasteiger partial charge in [-0.3, -0.25) is 0 Å². The van der Waals surface area contributed by atoms with Crippen molar-refractivity contribution in [1.29, 1.82) is 0 Å². The Balaban J connectivity index is 0.000000295. The van der Waals surface area contributed by atoms with Crippen molar-refractivity contribution in [2.45, 2.75) is 5.92 Å². The molecule has 0 aromatic heterocycles. The van der Waals surface area contributed by atoms with E-state index < -0.39 is 144 Å². The van der Waals surface area contributed by atoms with E-state index in [1.54, 1.807) is 0 Å². The zero-order valence-electron chi connectivity index (χ0n) is 30.9. The van der Waals surface area contributed by atoms with Crippen molar-refractivity contribution < 1.29 is 87.8 Å². The molecule has 0 saturated heterocycles. The molecule has 0 heterocycles. The van der Waals surface area contributed by atoms with Crippen LogP contribution in [0.2, 0.25) is 0 Å². The van der Waals surface area contributed by atoms with Crippen LogP contribution in [0.15, 0.2) is 91.0 Å². The number of benzene rings is 7. The van der Waals surface area contributed by atoms with Crippen LogP contribution in [0.25, 0.3) is 0 Å². The van der Waals surface area contributed by atoms with Crippen molar-refractivity contribution in [2.24, 2.45) is 0 Å². The number of hydrogen-bond acceptors (Lipinski definition) is 0. The lowest BCUT2D eigenvalue weighted by atomic mass is 9.12. The molecule has 0 fully saturated rings. The van der Waals surface area contributed by atoms with Crippen molar-refractivity contribution >= 4 is 28.0 Å². The first-order chi connectivity index (χ1) is 30.2.